The fourth-order valence-electron chi connectivity index (χ4n) is 0.0546. The molecule has 0 aromatic rings. The van der Waals surface area contributed by atoms with Gasteiger partial charge < -0.3 is 0 Å². The number of rotatable bonds is 1. The van der Waals surface area contributed by atoms with Gasteiger partial charge in [0.1, 0.15) is 12.2 Å². The summed E-state index contributed by atoms with van der Waals surface area (Å²) >= 11 is 0. The van der Waals surface area contributed by atoms with Crippen molar-refractivity contribution >= 4 is 0 Å². The van der Waals surface area contributed by atoms with Crippen molar-refractivity contribution in [2.45, 2.75) is 6.42 Å². The third kappa shape index (κ3) is 1.88. The highest BCUT2D eigenvalue weighted by Gasteiger charge is 1.82. The molecule has 0 saturated carbocycles. The summed E-state index contributed by atoms with van der Waals surface area (Å²) in [5, 5.41) is 0. The Labute approximate surface area is 35.5 Å². The van der Waals surface area contributed by atoms with Crippen LogP contribution in [0.1, 0.15) is 6.42 Å². The van der Waals surface area contributed by atoms with Crippen LogP contribution < -0.4 is 0 Å². The third-order valence-corrected chi connectivity index (χ3v) is 0.357. The number of hydrogen-bond donors (Lipinski definition) is 0. The fraction of sp³-hybridized carbons (Fsp3) is 0.250. The van der Waals surface area contributed by atoms with Crippen LogP contribution >= 0.6 is 0 Å². The zero-order valence-corrected chi connectivity index (χ0v) is 3.25. The molecule has 6 heavy (non-hydrogen) atoms. The summed E-state index contributed by atoms with van der Waals surface area (Å²) in [6, 6.07) is 0. The average Bonchev–Trinajstić information content (AvgIpc) is 1.65. The molecule has 0 amide bonds. The second kappa shape index (κ2) is 2.82. The monoisotopic (exact) mass is 91.0 g/mol. The van der Waals surface area contributed by atoms with Gasteiger partial charge in [-0.25, -0.2) is 8.78 Å². The minimum Gasteiger partial charge on any atom is -0.213 e. The van der Waals surface area contributed by atoms with Crippen molar-refractivity contribution < 1.29 is 8.78 Å². The molecule has 0 aromatic heterocycles. The molecule has 0 spiro atoms. The maximum absolute atomic E-state index is 11.3. The van der Waals surface area contributed by atoms with E-state index >= 15 is 0 Å². The molecule has 0 N–H and O–H groups in total. The van der Waals surface area contributed by atoms with Crippen LogP contribution in [0.25, 0.3) is 0 Å². The average molecular weight is 91.1 g/mol. The highest BCUT2D eigenvalue weighted by molar-refractivity contribution is 4.84. The van der Waals surface area contributed by atoms with E-state index in [1.54, 1.807) is 0 Å². The first kappa shape index (κ1) is 5.60. The van der Waals surface area contributed by atoms with Crippen molar-refractivity contribution in [2.24, 2.45) is 0 Å². The number of halogens is 2. The number of allylic oxidation sites excluding steroid dienone is 1. The molecule has 0 aliphatic carbocycles. The molecule has 0 saturated heterocycles. The summed E-state index contributed by atoms with van der Waals surface area (Å²) < 4.78 is 22.1. The summed E-state index contributed by atoms with van der Waals surface area (Å²) in [5.74, 6) is -0.810. The summed E-state index contributed by atoms with van der Waals surface area (Å²) in [4.78, 5) is 0. The quantitative estimate of drug-likeness (QED) is 0.463. The first-order chi connectivity index (χ1) is 2.81. The Morgan fingerprint density at radius 3 is 2.33 bits per heavy atom. The molecule has 1 radical (unpaired) electrons. The lowest BCUT2D eigenvalue weighted by Crippen LogP contribution is -1.60. The Hall–Kier alpha value is -0.400. The van der Waals surface area contributed by atoms with Crippen molar-refractivity contribution in [3.63, 3.8) is 0 Å². The molecule has 0 bridgehead atoms. The van der Waals surface area contributed by atoms with E-state index in [2.05, 4.69) is 6.92 Å². The molecule has 0 atom stereocenters. The number of hydrogen-bond acceptors (Lipinski definition) is 0. The molecule has 0 fully saturated rings. The van der Waals surface area contributed by atoms with E-state index in [1.807, 2.05) is 0 Å². The van der Waals surface area contributed by atoms with Gasteiger partial charge in [-0.15, -0.1) is 0 Å². The van der Waals surface area contributed by atoms with Gasteiger partial charge in [0, 0.05) is 6.42 Å². The zero-order valence-electron chi connectivity index (χ0n) is 3.25. The van der Waals surface area contributed by atoms with E-state index in [-0.39, 0.29) is 12.8 Å². The summed E-state index contributed by atoms with van der Waals surface area (Å²) in [6.45, 7) is 3.07. The Morgan fingerprint density at radius 1 is 1.83 bits per heavy atom. The van der Waals surface area contributed by atoms with E-state index in [9.17, 15) is 8.78 Å². The molecule has 0 aliphatic heterocycles. The van der Waals surface area contributed by atoms with Gasteiger partial charge in [-0.2, -0.15) is 0 Å². The van der Waals surface area contributed by atoms with Gasteiger partial charge in [0.05, 0.1) is 0 Å². The van der Waals surface area contributed by atoms with Crippen molar-refractivity contribution in [3.8, 4) is 0 Å². The van der Waals surface area contributed by atoms with Gasteiger partial charge >= 0.3 is 0 Å². The topological polar surface area (TPSA) is 0 Å². The Bertz CT molecular complexity index is 56.6. The first-order valence-corrected chi connectivity index (χ1v) is 1.55. The van der Waals surface area contributed by atoms with E-state index in [0.29, 0.717) is 0 Å². The van der Waals surface area contributed by atoms with E-state index in [0.717, 1.165) is 0 Å². The van der Waals surface area contributed by atoms with Gasteiger partial charge in [0.15, 0.2) is 0 Å². The molecule has 0 aromatic carbocycles. The molecule has 2 heteroatoms. The largest absolute Gasteiger partial charge is 0.213 e. The van der Waals surface area contributed by atoms with Crippen LogP contribution in [0.3, 0.4) is 0 Å². The van der Waals surface area contributed by atoms with Gasteiger partial charge in [0.2, 0.25) is 0 Å². The SMILES string of the molecule is [CH2]C/C(F)=C/F. The van der Waals surface area contributed by atoms with E-state index in [1.165, 1.54) is 0 Å². The van der Waals surface area contributed by atoms with E-state index < -0.39 is 5.83 Å². The van der Waals surface area contributed by atoms with Gasteiger partial charge in [-0.1, -0.05) is 0 Å². The minimum atomic E-state index is -0.810. The maximum atomic E-state index is 11.3. The smallest absolute Gasteiger partial charge is 0.128 e. The lowest BCUT2D eigenvalue weighted by atomic mass is 10.5. The van der Waals surface area contributed by atoms with Crippen LogP contribution in [0.15, 0.2) is 12.2 Å². The van der Waals surface area contributed by atoms with Gasteiger partial charge in [-0.05, 0) is 6.92 Å². The highest BCUT2D eigenvalue weighted by Crippen LogP contribution is 1.98. The first-order valence-electron chi connectivity index (χ1n) is 1.55. The van der Waals surface area contributed by atoms with Crippen LogP contribution in [0.5, 0.6) is 0 Å². The van der Waals surface area contributed by atoms with Crippen LogP contribution in [-0.4, -0.2) is 0 Å². The van der Waals surface area contributed by atoms with Crippen molar-refractivity contribution in [1.29, 1.82) is 0 Å². The lowest BCUT2D eigenvalue weighted by molar-refractivity contribution is 0.568. The molecule has 0 heterocycles. The Balaban J connectivity index is 3.22. The third-order valence-electron chi connectivity index (χ3n) is 0.357. The summed E-state index contributed by atoms with van der Waals surface area (Å²) in [5.41, 5.74) is 0. The molecule has 35 valence electrons. The van der Waals surface area contributed by atoms with Crippen molar-refractivity contribution in [3.05, 3.63) is 19.1 Å². The van der Waals surface area contributed by atoms with Gasteiger partial charge in [0.25, 0.3) is 0 Å². The van der Waals surface area contributed by atoms with Crippen LogP contribution in [-0.2, 0) is 0 Å². The lowest BCUT2D eigenvalue weighted by Gasteiger charge is -1.76. The van der Waals surface area contributed by atoms with Crippen molar-refractivity contribution in [1.82, 2.24) is 0 Å². The minimum absolute atomic E-state index is 0.0903. The fourth-order valence-corrected chi connectivity index (χ4v) is 0.0546. The second-order valence-corrected chi connectivity index (χ2v) is 0.806. The van der Waals surface area contributed by atoms with Crippen LogP contribution in [0.4, 0.5) is 8.78 Å². The second-order valence-electron chi connectivity index (χ2n) is 0.806. The maximum Gasteiger partial charge on any atom is 0.128 e. The summed E-state index contributed by atoms with van der Waals surface area (Å²) in [7, 11) is 0. The predicted molar refractivity (Wildman–Crippen MR) is 20.3 cm³/mol. The molecular weight excluding hydrogens is 86.0 g/mol. The Morgan fingerprint density at radius 2 is 2.33 bits per heavy atom. The van der Waals surface area contributed by atoms with Crippen molar-refractivity contribution in [2.75, 3.05) is 0 Å². The molecular formula is C4H5F2. The standard InChI is InChI=1S/C4H5F2/c1-2-4(6)3-5/h3H,1-2H2/b4-3-. The summed E-state index contributed by atoms with van der Waals surface area (Å²) in [6.07, 6.45) is -0.191. The zero-order chi connectivity index (χ0) is 4.99. The van der Waals surface area contributed by atoms with Crippen LogP contribution in [0.2, 0.25) is 0 Å². The van der Waals surface area contributed by atoms with Gasteiger partial charge in [-0.3, -0.25) is 0 Å². The Kier molecular flexibility index (Phi) is 2.63. The highest BCUT2D eigenvalue weighted by atomic mass is 19.2. The van der Waals surface area contributed by atoms with Crippen LogP contribution in [0, 0.1) is 6.92 Å². The normalized spacial score (nSPS) is 12.2. The predicted octanol–water partition coefficient (Wildman–Crippen LogP) is 1.99. The molecule has 0 rings (SSSR count). The van der Waals surface area contributed by atoms with E-state index in [4.69, 9.17) is 0 Å². The molecule has 0 nitrogen and oxygen atoms in total. The molecule has 0 aliphatic rings. The molecule has 0 unspecified atom stereocenters.